The first-order valence-corrected chi connectivity index (χ1v) is 8.18. The number of nitrogens with zero attached hydrogens (tertiary/aromatic N) is 1. The number of hydrogen-bond donors (Lipinski definition) is 2. The lowest BCUT2D eigenvalue weighted by molar-refractivity contribution is 0.304. The third-order valence-corrected chi connectivity index (χ3v) is 4.25. The van der Waals surface area contributed by atoms with Gasteiger partial charge < -0.3 is 15.4 Å². The maximum atomic E-state index is 13.4. The van der Waals surface area contributed by atoms with Crippen molar-refractivity contribution in [3.8, 4) is 5.75 Å². The Morgan fingerprint density at radius 1 is 1.30 bits per heavy atom. The van der Waals surface area contributed by atoms with Gasteiger partial charge in [0.25, 0.3) is 0 Å². The highest BCUT2D eigenvalue weighted by Gasteiger charge is 2.16. The van der Waals surface area contributed by atoms with E-state index in [0.717, 1.165) is 18.7 Å². The number of guanidine groups is 1. The number of nitrogens with one attached hydrogen (secondary N) is 2. The maximum absolute atomic E-state index is 13.4. The van der Waals surface area contributed by atoms with Crippen molar-refractivity contribution < 1.29 is 13.5 Å². The summed E-state index contributed by atoms with van der Waals surface area (Å²) in [5.74, 6) is -0.631. The van der Waals surface area contributed by atoms with Crippen LogP contribution in [-0.2, 0) is 0 Å². The molecule has 0 radical (unpaired) electrons. The van der Waals surface area contributed by atoms with Gasteiger partial charge in [0.15, 0.2) is 17.5 Å². The Balaban J connectivity index is 0.00000484. The van der Waals surface area contributed by atoms with Gasteiger partial charge in [0.1, 0.15) is 12.4 Å². The molecule has 0 aliphatic heterocycles. The minimum atomic E-state index is -0.704. The monoisotopic (exact) mass is 459 g/mol. The summed E-state index contributed by atoms with van der Waals surface area (Å²) in [5.41, 5.74) is 0. The van der Waals surface area contributed by atoms with Crippen LogP contribution in [0.4, 0.5) is 8.78 Å². The van der Waals surface area contributed by atoms with Crippen molar-refractivity contribution in [3.05, 3.63) is 29.8 Å². The lowest BCUT2D eigenvalue weighted by Gasteiger charge is -2.23. The highest BCUT2D eigenvalue weighted by atomic mass is 127. The van der Waals surface area contributed by atoms with Crippen LogP contribution in [0.25, 0.3) is 0 Å². The van der Waals surface area contributed by atoms with Crippen LogP contribution < -0.4 is 15.4 Å². The molecule has 0 fully saturated rings. The van der Waals surface area contributed by atoms with Crippen molar-refractivity contribution in [3.63, 3.8) is 0 Å². The van der Waals surface area contributed by atoms with Gasteiger partial charge in [0, 0.05) is 24.4 Å². The van der Waals surface area contributed by atoms with E-state index in [1.807, 2.05) is 0 Å². The molecule has 0 atom stereocenters. The molecule has 0 amide bonds. The summed E-state index contributed by atoms with van der Waals surface area (Å²) in [6, 6.07) is 3.24. The van der Waals surface area contributed by atoms with Crippen molar-refractivity contribution in [2.75, 3.05) is 33.0 Å². The number of rotatable bonds is 7. The van der Waals surface area contributed by atoms with Crippen LogP contribution in [0.15, 0.2) is 23.2 Å². The number of benzene rings is 1. The largest absolute Gasteiger partial charge is 0.489 e. The summed E-state index contributed by atoms with van der Waals surface area (Å²) in [7, 11) is 1.68. The SMILES string of the molecule is CN=C(NCCOc1ccc(F)cc1F)NCC(C)(C)SC.I. The number of thioether (sulfide) groups is 1. The van der Waals surface area contributed by atoms with Crippen molar-refractivity contribution in [1.29, 1.82) is 0 Å². The zero-order chi connectivity index (χ0) is 16.6. The molecule has 132 valence electrons. The zero-order valence-corrected chi connectivity index (χ0v) is 16.9. The molecule has 0 saturated heterocycles. The van der Waals surface area contributed by atoms with E-state index in [-0.39, 0.29) is 41.1 Å². The molecule has 0 spiro atoms. The van der Waals surface area contributed by atoms with Crippen molar-refractivity contribution in [1.82, 2.24) is 10.6 Å². The van der Waals surface area contributed by atoms with Crippen LogP contribution in [0.2, 0.25) is 0 Å². The molecule has 0 unspecified atom stereocenters. The number of hydrogen-bond acceptors (Lipinski definition) is 3. The molecule has 23 heavy (non-hydrogen) atoms. The van der Waals surface area contributed by atoms with E-state index in [1.54, 1.807) is 18.8 Å². The Hall–Kier alpha value is -0.770. The van der Waals surface area contributed by atoms with Gasteiger partial charge in [-0.1, -0.05) is 0 Å². The van der Waals surface area contributed by atoms with E-state index in [4.69, 9.17) is 4.74 Å². The second-order valence-electron chi connectivity index (χ2n) is 5.24. The Morgan fingerprint density at radius 2 is 2.00 bits per heavy atom. The summed E-state index contributed by atoms with van der Waals surface area (Å²) < 4.78 is 31.5. The molecule has 1 aromatic rings. The second kappa shape index (κ2) is 10.9. The van der Waals surface area contributed by atoms with Crippen molar-refractivity contribution in [2.24, 2.45) is 4.99 Å². The lowest BCUT2D eigenvalue weighted by Crippen LogP contribution is -2.44. The average molecular weight is 459 g/mol. The molecule has 8 heteroatoms. The smallest absolute Gasteiger partial charge is 0.191 e. The average Bonchev–Trinajstić information content (AvgIpc) is 2.48. The van der Waals surface area contributed by atoms with Crippen molar-refractivity contribution in [2.45, 2.75) is 18.6 Å². The van der Waals surface area contributed by atoms with Crippen LogP contribution in [-0.4, -0.2) is 43.7 Å². The molecule has 4 nitrogen and oxygen atoms in total. The van der Waals surface area contributed by atoms with Gasteiger partial charge in [-0.25, -0.2) is 8.78 Å². The van der Waals surface area contributed by atoms with Gasteiger partial charge in [-0.05, 0) is 32.2 Å². The van der Waals surface area contributed by atoms with E-state index in [1.165, 1.54) is 6.07 Å². The molecule has 2 N–H and O–H groups in total. The fraction of sp³-hybridized carbons (Fsp3) is 0.533. The van der Waals surface area contributed by atoms with E-state index in [0.29, 0.717) is 12.5 Å². The highest BCUT2D eigenvalue weighted by Crippen LogP contribution is 2.19. The third kappa shape index (κ3) is 8.59. The molecule has 1 aromatic carbocycles. The Kier molecular flexibility index (Phi) is 10.5. The minimum absolute atomic E-state index is 0. The molecular formula is C15H24F2IN3OS. The number of ether oxygens (including phenoxy) is 1. The van der Waals surface area contributed by atoms with Crippen LogP contribution >= 0.6 is 35.7 Å². The van der Waals surface area contributed by atoms with Crippen molar-refractivity contribution >= 4 is 41.7 Å². The molecule has 0 aliphatic rings. The Morgan fingerprint density at radius 3 is 2.57 bits per heavy atom. The van der Waals surface area contributed by atoms with Gasteiger partial charge >= 0.3 is 0 Å². The van der Waals surface area contributed by atoms with E-state index >= 15 is 0 Å². The second-order valence-corrected chi connectivity index (χ2v) is 6.75. The molecule has 1 rings (SSSR count). The predicted molar refractivity (Wildman–Crippen MR) is 104 cm³/mol. The summed E-state index contributed by atoms with van der Waals surface area (Å²) >= 11 is 1.77. The Bertz CT molecular complexity index is 515. The van der Waals surface area contributed by atoms with Crippen LogP contribution in [0, 0.1) is 11.6 Å². The molecular weight excluding hydrogens is 435 g/mol. The van der Waals surface area contributed by atoms with Gasteiger partial charge in [-0.3, -0.25) is 4.99 Å². The minimum Gasteiger partial charge on any atom is -0.489 e. The molecule has 0 aromatic heterocycles. The van der Waals surface area contributed by atoms with E-state index < -0.39 is 11.6 Å². The maximum Gasteiger partial charge on any atom is 0.191 e. The fourth-order valence-electron chi connectivity index (χ4n) is 1.51. The summed E-state index contributed by atoms with van der Waals surface area (Å²) in [6.07, 6.45) is 2.06. The van der Waals surface area contributed by atoms with E-state index in [9.17, 15) is 8.78 Å². The van der Waals surface area contributed by atoms with Gasteiger partial charge in [0.05, 0.1) is 6.54 Å². The molecule has 0 heterocycles. The normalized spacial score (nSPS) is 11.7. The number of halogens is 3. The predicted octanol–water partition coefficient (Wildman–Crippen LogP) is 3.27. The summed E-state index contributed by atoms with van der Waals surface area (Å²) in [4.78, 5) is 4.11. The van der Waals surface area contributed by atoms with Gasteiger partial charge in [0.2, 0.25) is 0 Å². The molecule has 0 bridgehead atoms. The highest BCUT2D eigenvalue weighted by molar-refractivity contribution is 14.0. The first-order chi connectivity index (χ1) is 10.4. The van der Waals surface area contributed by atoms with E-state index in [2.05, 4.69) is 35.7 Å². The van der Waals surface area contributed by atoms with Crippen LogP contribution in [0.1, 0.15) is 13.8 Å². The van der Waals surface area contributed by atoms with Crippen LogP contribution in [0.3, 0.4) is 0 Å². The lowest BCUT2D eigenvalue weighted by atomic mass is 10.2. The topological polar surface area (TPSA) is 45.7 Å². The first kappa shape index (κ1) is 22.2. The first-order valence-electron chi connectivity index (χ1n) is 6.95. The third-order valence-electron chi connectivity index (χ3n) is 3.00. The summed E-state index contributed by atoms with van der Waals surface area (Å²) in [5, 5.41) is 6.29. The zero-order valence-electron chi connectivity index (χ0n) is 13.8. The van der Waals surface area contributed by atoms with Gasteiger partial charge in [-0.15, -0.1) is 24.0 Å². The quantitative estimate of drug-likeness (QED) is 0.285. The molecule has 0 saturated carbocycles. The van der Waals surface area contributed by atoms with Crippen LogP contribution in [0.5, 0.6) is 5.75 Å². The standard InChI is InChI=1S/C15H23F2N3OS.HI/c1-15(2,22-4)10-20-14(18-3)19-7-8-21-13-6-5-11(16)9-12(13)17;/h5-6,9H,7-8,10H2,1-4H3,(H2,18,19,20);1H. The fourth-order valence-corrected chi connectivity index (χ4v) is 1.73. The molecule has 0 aliphatic carbocycles. The Labute approximate surface area is 157 Å². The van der Waals surface area contributed by atoms with Gasteiger partial charge in [-0.2, -0.15) is 11.8 Å². The summed E-state index contributed by atoms with van der Waals surface area (Å²) in [6.45, 7) is 5.74. The number of aliphatic imine (C=N–C) groups is 1.